The van der Waals surface area contributed by atoms with E-state index < -0.39 is 0 Å². The first-order chi connectivity index (χ1) is 15.2. The van der Waals surface area contributed by atoms with Crippen LogP contribution in [0.4, 0.5) is 5.69 Å². The molecule has 1 N–H and O–H groups in total. The Bertz CT molecular complexity index is 990. The van der Waals surface area contributed by atoms with E-state index in [2.05, 4.69) is 40.7 Å². The quantitative estimate of drug-likeness (QED) is 0.472. The van der Waals surface area contributed by atoms with Crippen molar-refractivity contribution in [1.82, 2.24) is 9.88 Å². The van der Waals surface area contributed by atoms with Crippen molar-refractivity contribution in [2.45, 2.75) is 38.5 Å². The zero-order valence-corrected chi connectivity index (χ0v) is 18.9. The molecule has 1 saturated heterocycles. The average Bonchev–Trinajstić information content (AvgIpc) is 2.79. The number of nitrogens with zero attached hydrogens (tertiary/aromatic N) is 3. The summed E-state index contributed by atoms with van der Waals surface area (Å²) in [4.78, 5) is 9.97. The molecule has 0 unspecified atom stereocenters. The SMILES string of the molecule is C=C/C=C(\C=C/CCCO)N1CCN(c2c3c(nc4cc(Cl)ccc24)CCCC3)CC1. The van der Waals surface area contributed by atoms with Crippen molar-refractivity contribution in [3.05, 3.63) is 71.1 Å². The molecule has 1 aliphatic heterocycles. The molecule has 2 heterocycles. The standard InChI is InChI=1S/C26H32ClN3O/c1-2-8-21(9-4-3-7-18-31)29-14-16-30(17-15-29)26-22-10-5-6-11-24(22)28-25-19-20(27)12-13-23(25)26/h2,4,8-9,12-13,19,31H,1,3,5-7,10-11,14-18H2/b9-4-,21-8+. The number of hydrogen-bond acceptors (Lipinski definition) is 4. The van der Waals surface area contributed by atoms with Crippen LogP contribution in [0, 0.1) is 0 Å². The number of fused-ring (bicyclic) bond motifs is 2. The van der Waals surface area contributed by atoms with Gasteiger partial charge in [-0.1, -0.05) is 30.3 Å². The number of rotatable bonds is 7. The molecule has 0 spiro atoms. The molecule has 5 heteroatoms. The molecule has 0 amide bonds. The van der Waals surface area contributed by atoms with Gasteiger partial charge in [0.05, 0.1) is 11.2 Å². The van der Waals surface area contributed by atoms with E-state index in [-0.39, 0.29) is 6.61 Å². The van der Waals surface area contributed by atoms with Crippen molar-refractivity contribution in [3.8, 4) is 0 Å². The molecule has 31 heavy (non-hydrogen) atoms. The van der Waals surface area contributed by atoms with Gasteiger partial charge >= 0.3 is 0 Å². The second kappa shape index (κ2) is 10.3. The zero-order chi connectivity index (χ0) is 21.6. The van der Waals surface area contributed by atoms with E-state index in [9.17, 15) is 0 Å². The third-order valence-electron chi connectivity index (χ3n) is 6.26. The van der Waals surface area contributed by atoms with E-state index in [4.69, 9.17) is 21.7 Å². The van der Waals surface area contributed by atoms with Gasteiger partial charge in [0.25, 0.3) is 0 Å². The Morgan fingerprint density at radius 2 is 1.97 bits per heavy atom. The van der Waals surface area contributed by atoms with Gasteiger partial charge in [0.1, 0.15) is 0 Å². The average molecular weight is 438 g/mol. The van der Waals surface area contributed by atoms with Crippen LogP contribution in [0.2, 0.25) is 5.02 Å². The Balaban J connectivity index is 1.58. The molecular weight excluding hydrogens is 406 g/mol. The third-order valence-corrected chi connectivity index (χ3v) is 6.50. The first kappa shape index (κ1) is 21.9. The van der Waals surface area contributed by atoms with Crippen LogP contribution in [0.3, 0.4) is 0 Å². The van der Waals surface area contributed by atoms with Gasteiger partial charge in [0.15, 0.2) is 0 Å². The zero-order valence-electron chi connectivity index (χ0n) is 18.2. The molecule has 1 aromatic heterocycles. The number of benzene rings is 1. The summed E-state index contributed by atoms with van der Waals surface area (Å²) in [6.45, 7) is 8.02. The lowest BCUT2D eigenvalue weighted by atomic mass is 9.92. The number of pyridine rings is 1. The summed E-state index contributed by atoms with van der Waals surface area (Å²) < 4.78 is 0. The first-order valence-corrected chi connectivity index (χ1v) is 11.8. The van der Waals surface area contributed by atoms with E-state index in [0.717, 1.165) is 62.4 Å². The highest BCUT2D eigenvalue weighted by Gasteiger charge is 2.25. The largest absolute Gasteiger partial charge is 0.396 e. The van der Waals surface area contributed by atoms with E-state index in [1.807, 2.05) is 18.2 Å². The molecule has 2 aliphatic rings. The molecule has 1 aliphatic carbocycles. The Labute approximate surface area is 190 Å². The summed E-state index contributed by atoms with van der Waals surface area (Å²) in [5, 5.41) is 11.0. The maximum atomic E-state index is 9.00. The van der Waals surface area contributed by atoms with E-state index >= 15 is 0 Å². The van der Waals surface area contributed by atoms with Crippen LogP contribution in [0.1, 0.15) is 36.9 Å². The predicted molar refractivity (Wildman–Crippen MR) is 131 cm³/mol. The molecule has 0 atom stereocenters. The molecule has 1 aromatic carbocycles. The minimum absolute atomic E-state index is 0.235. The topological polar surface area (TPSA) is 39.6 Å². The van der Waals surface area contributed by atoms with E-state index in [0.29, 0.717) is 0 Å². The Morgan fingerprint density at radius 1 is 1.16 bits per heavy atom. The summed E-state index contributed by atoms with van der Waals surface area (Å²) in [5.41, 5.74) is 6.30. The van der Waals surface area contributed by atoms with Gasteiger partial charge in [-0.15, -0.1) is 0 Å². The third kappa shape index (κ3) is 4.97. The summed E-state index contributed by atoms with van der Waals surface area (Å²) in [6.07, 6.45) is 14.6. The van der Waals surface area contributed by atoms with Crippen LogP contribution in [0.5, 0.6) is 0 Å². The fraction of sp³-hybridized carbons (Fsp3) is 0.423. The van der Waals surface area contributed by atoms with Crippen LogP contribution in [0.15, 0.2) is 54.8 Å². The first-order valence-electron chi connectivity index (χ1n) is 11.4. The van der Waals surface area contributed by atoms with Gasteiger partial charge in [-0.3, -0.25) is 4.98 Å². The molecule has 0 bridgehead atoms. The van der Waals surface area contributed by atoms with Gasteiger partial charge in [-0.05, 0) is 74.4 Å². The number of aryl methyl sites for hydroxylation is 1. The van der Waals surface area contributed by atoms with Crippen LogP contribution in [-0.4, -0.2) is 47.8 Å². The summed E-state index contributed by atoms with van der Waals surface area (Å²) >= 11 is 6.29. The number of aromatic nitrogens is 1. The molecule has 0 saturated carbocycles. The smallest absolute Gasteiger partial charge is 0.0741 e. The predicted octanol–water partition coefficient (Wildman–Crippen LogP) is 5.29. The van der Waals surface area contributed by atoms with Gasteiger partial charge in [0, 0.05) is 54.6 Å². The summed E-state index contributed by atoms with van der Waals surface area (Å²) in [6, 6.07) is 6.14. The van der Waals surface area contributed by atoms with Crippen molar-refractivity contribution in [1.29, 1.82) is 0 Å². The van der Waals surface area contributed by atoms with E-state index in [1.165, 1.54) is 40.9 Å². The van der Waals surface area contributed by atoms with Gasteiger partial charge < -0.3 is 14.9 Å². The van der Waals surface area contributed by atoms with Crippen LogP contribution in [0.25, 0.3) is 10.9 Å². The monoisotopic (exact) mass is 437 g/mol. The van der Waals surface area contributed by atoms with Gasteiger partial charge in [-0.2, -0.15) is 0 Å². The normalized spacial score (nSPS) is 17.4. The minimum Gasteiger partial charge on any atom is -0.396 e. The molecule has 1 fully saturated rings. The van der Waals surface area contributed by atoms with Crippen molar-refractivity contribution >= 4 is 28.2 Å². The maximum Gasteiger partial charge on any atom is 0.0741 e. The van der Waals surface area contributed by atoms with Crippen LogP contribution < -0.4 is 4.90 Å². The number of allylic oxidation sites excluding steroid dienone is 4. The molecule has 0 radical (unpaired) electrons. The maximum absolute atomic E-state index is 9.00. The number of aliphatic hydroxyl groups is 1. The number of unbranched alkanes of at least 4 members (excludes halogenated alkanes) is 1. The second-order valence-corrected chi connectivity index (χ2v) is 8.76. The molecule has 164 valence electrons. The van der Waals surface area contributed by atoms with Crippen LogP contribution >= 0.6 is 11.6 Å². The number of halogens is 1. The highest BCUT2D eigenvalue weighted by molar-refractivity contribution is 6.31. The lowest BCUT2D eigenvalue weighted by molar-refractivity contribution is 0.289. The van der Waals surface area contributed by atoms with Crippen molar-refractivity contribution in [3.63, 3.8) is 0 Å². The Kier molecular flexibility index (Phi) is 7.31. The number of piperazine rings is 1. The molecule has 4 rings (SSSR count). The summed E-state index contributed by atoms with van der Waals surface area (Å²) in [7, 11) is 0. The molecule has 4 nitrogen and oxygen atoms in total. The van der Waals surface area contributed by atoms with Crippen molar-refractivity contribution in [2.75, 3.05) is 37.7 Å². The highest BCUT2D eigenvalue weighted by Crippen LogP contribution is 2.37. The second-order valence-electron chi connectivity index (χ2n) is 8.32. The Morgan fingerprint density at radius 3 is 2.74 bits per heavy atom. The van der Waals surface area contributed by atoms with Crippen molar-refractivity contribution in [2.24, 2.45) is 0 Å². The van der Waals surface area contributed by atoms with E-state index in [1.54, 1.807) is 0 Å². The lowest BCUT2D eigenvalue weighted by Crippen LogP contribution is -2.46. The van der Waals surface area contributed by atoms with Crippen molar-refractivity contribution < 1.29 is 5.11 Å². The van der Waals surface area contributed by atoms with Crippen LogP contribution in [-0.2, 0) is 12.8 Å². The van der Waals surface area contributed by atoms with Gasteiger partial charge in [0.2, 0.25) is 0 Å². The molecule has 2 aromatic rings. The number of hydrogen-bond donors (Lipinski definition) is 1. The summed E-state index contributed by atoms with van der Waals surface area (Å²) in [5.74, 6) is 0. The minimum atomic E-state index is 0.235. The van der Waals surface area contributed by atoms with Gasteiger partial charge in [-0.25, -0.2) is 0 Å². The Hall–Kier alpha value is -2.30. The lowest BCUT2D eigenvalue weighted by Gasteiger charge is -2.39. The fourth-order valence-electron chi connectivity index (χ4n) is 4.72. The fourth-order valence-corrected chi connectivity index (χ4v) is 4.89. The number of anilines is 1. The number of aliphatic hydroxyl groups excluding tert-OH is 1. The molecular formula is C26H32ClN3O. The highest BCUT2D eigenvalue weighted by atomic mass is 35.5.